The van der Waals surface area contributed by atoms with Gasteiger partial charge in [-0.1, -0.05) is 12.2 Å². The van der Waals surface area contributed by atoms with Crippen LogP contribution in [0.1, 0.15) is 31.4 Å². The van der Waals surface area contributed by atoms with Crippen LogP contribution in [0.5, 0.6) is 5.88 Å². The second-order valence-electron chi connectivity index (χ2n) is 4.00. The Morgan fingerprint density at radius 1 is 1.56 bits per heavy atom. The number of rotatable bonds is 3. The normalized spacial score (nSPS) is 15.9. The zero-order valence-corrected chi connectivity index (χ0v) is 10.0. The number of hydrogen-bond donors (Lipinski definition) is 2. The molecule has 0 atom stereocenters. The van der Waals surface area contributed by atoms with E-state index in [1.54, 1.807) is 10.6 Å². The minimum Gasteiger partial charge on any atom is -0.493 e. The first kappa shape index (κ1) is 11.2. The molecular weight excluding hydrogens is 220 g/mol. The zero-order chi connectivity index (χ0) is 11.5. The predicted octanol–water partition coefficient (Wildman–Crippen LogP) is 3.39. The molecule has 16 heavy (non-hydrogen) atoms. The molecule has 2 rings (SSSR count). The van der Waals surface area contributed by atoms with Gasteiger partial charge in [0.1, 0.15) is 5.69 Å². The summed E-state index contributed by atoms with van der Waals surface area (Å²) in [7, 11) is 0. The van der Waals surface area contributed by atoms with E-state index in [1.165, 1.54) is 18.4 Å². The van der Waals surface area contributed by atoms with Gasteiger partial charge in [-0.3, -0.25) is 4.57 Å². The molecule has 0 saturated heterocycles. The van der Waals surface area contributed by atoms with E-state index >= 15 is 0 Å². The van der Waals surface area contributed by atoms with Crippen LogP contribution in [0.4, 0.5) is 0 Å². The van der Waals surface area contributed by atoms with Crippen molar-refractivity contribution >= 4 is 17.8 Å². The third-order valence-corrected chi connectivity index (χ3v) is 3.20. The van der Waals surface area contributed by atoms with E-state index < -0.39 is 0 Å². The minimum atomic E-state index is 0.234. The number of imidazole rings is 1. The van der Waals surface area contributed by atoms with Gasteiger partial charge in [0, 0.05) is 6.54 Å². The molecule has 0 unspecified atom stereocenters. The van der Waals surface area contributed by atoms with E-state index in [1.807, 2.05) is 0 Å². The topological polar surface area (TPSA) is 41.0 Å². The summed E-state index contributed by atoms with van der Waals surface area (Å²) in [4.78, 5) is 3.08. The van der Waals surface area contributed by atoms with Crippen molar-refractivity contribution < 1.29 is 5.11 Å². The predicted molar refractivity (Wildman–Crippen MR) is 67.9 cm³/mol. The van der Waals surface area contributed by atoms with Crippen molar-refractivity contribution in [3.63, 3.8) is 0 Å². The SMILES string of the molecule is C=CCn1c(O)c(C2=CCCCC2)[nH]c1=S. The smallest absolute Gasteiger partial charge is 0.218 e. The Morgan fingerprint density at radius 2 is 2.38 bits per heavy atom. The highest BCUT2D eigenvalue weighted by Gasteiger charge is 2.15. The Bertz CT molecular complexity index is 482. The number of nitrogens with one attached hydrogen (secondary N) is 1. The van der Waals surface area contributed by atoms with Crippen LogP contribution in [-0.4, -0.2) is 14.7 Å². The number of aromatic nitrogens is 2. The van der Waals surface area contributed by atoms with E-state index in [0.717, 1.165) is 18.5 Å². The van der Waals surface area contributed by atoms with Crippen LogP contribution in [0.2, 0.25) is 0 Å². The number of aromatic hydroxyl groups is 1. The largest absolute Gasteiger partial charge is 0.493 e. The maximum atomic E-state index is 10.1. The third-order valence-electron chi connectivity index (χ3n) is 2.88. The highest BCUT2D eigenvalue weighted by Crippen LogP contribution is 2.31. The average molecular weight is 236 g/mol. The molecule has 3 nitrogen and oxygen atoms in total. The quantitative estimate of drug-likeness (QED) is 0.624. The molecule has 0 bridgehead atoms. The fourth-order valence-electron chi connectivity index (χ4n) is 2.05. The van der Waals surface area contributed by atoms with Crippen molar-refractivity contribution in [1.29, 1.82) is 0 Å². The lowest BCUT2D eigenvalue weighted by atomic mass is 9.97. The maximum absolute atomic E-state index is 10.1. The Labute approximate surface area is 100 Å². The van der Waals surface area contributed by atoms with Crippen LogP contribution in [0.3, 0.4) is 0 Å². The summed E-state index contributed by atoms with van der Waals surface area (Å²) in [6.45, 7) is 4.19. The van der Waals surface area contributed by atoms with Crippen molar-refractivity contribution in [3.8, 4) is 5.88 Å². The minimum absolute atomic E-state index is 0.234. The van der Waals surface area contributed by atoms with Crippen molar-refractivity contribution in [3.05, 3.63) is 29.2 Å². The number of nitrogens with zero attached hydrogens (tertiary/aromatic N) is 1. The van der Waals surface area contributed by atoms with Crippen LogP contribution in [0, 0.1) is 4.77 Å². The van der Waals surface area contributed by atoms with Crippen molar-refractivity contribution in [2.45, 2.75) is 32.2 Å². The van der Waals surface area contributed by atoms with Crippen LogP contribution in [0.25, 0.3) is 5.57 Å². The van der Waals surface area contributed by atoms with Crippen LogP contribution in [0.15, 0.2) is 18.7 Å². The molecule has 0 amide bonds. The fraction of sp³-hybridized carbons (Fsp3) is 0.417. The van der Waals surface area contributed by atoms with Crippen LogP contribution in [-0.2, 0) is 6.54 Å². The first-order valence-electron chi connectivity index (χ1n) is 5.56. The summed E-state index contributed by atoms with van der Waals surface area (Å²) in [5.41, 5.74) is 1.96. The van der Waals surface area contributed by atoms with Gasteiger partial charge in [-0.25, -0.2) is 0 Å². The molecule has 0 radical (unpaired) electrons. The Morgan fingerprint density at radius 3 is 3.00 bits per heavy atom. The van der Waals surface area contributed by atoms with Gasteiger partial charge in [-0.15, -0.1) is 6.58 Å². The number of aromatic amines is 1. The molecule has 0 saturated carbocycles. The van der Waals surface area contributed by atoms with Crippen LogP contribution < -0.4 is 0 Å². The van der Waals surface area contributed by atoms with Crippen molar-refractivity contribution in [1.82, 2.24) is 9.55 Å². The summed E-state index contributed by atoms with van der Waals surface area (Å²) >= 11 is 5.17. The molecule has 0 fully saturated rings. The summed E-state index contributed by atoms with van der Waals surface area (Å²) in [6, 6.07) is 0. The van der Waals surface area contributed by atoms with E-state index in [2.05, 4.69) is 17.6 Å². The standard InChI is InChI=1S/C12H16N2OS/c1-2-8-14-11(15)10(13-12(14)16)9-6-4-3-5-7-9/h2,6,15H,1,3-5,7-8H2,(H,13,16). The zero-order valence-electron chi connectivity index (χ0n) is 9.20. The second kappa shape index (κ2) is 4.70. The molecule has 86 valence electrons. The van der Waals surface area contributed by atoms with Gasteiger partial charge in [-0.2, -0.15) is 0 Å². The molecule has 1 aliphatic carbocycles. The lowest BCUT2D eigenvalue weighted by molar-refractivity contribution is 0.423. The molecule has 1 aromatic rings. The van der Waals surface area contributed by atoms with Gasteiger partial charge in [0.2, 0.25) is 5.88 Å². The summed E-state index contributed by atoms with van der Waals surface area (Å²) in [5.74, 6) is 0.234. The maximum Gasteiger partial charge on any atom is 0.218 e. The van der Waals surface area contributed by atoms with Gasteiger partial charge in [0.15, 0.2) is 4.77 Å². The average Bonchev–Trinajstić information content (AvgIpc) is 2.59. The first-order chi connectivity index (χ1) is 7.74. The van der Waals surface area contributed by atoms with Gasteiger partial charge < -0.3 is 10.1 Å². The highest BCUT2D eigenvalue weighted by molar-refractivity contribution is 7.71. The van der Waals surface area contributed by atoms with E-state index in [9.17, 15) is 5.11 Å². The molecule has 1 heterocycles. The fourth-order valence-corrected chi connectivity index (χ4v) is 2.31. The Hall–Kier alpha value is -1.29. The van der Waals surface area contributed by atoms with E-state index in [-0.39, 0.29) is 5.88 Å². The summed E-state index contributed by atoms with van der Waals surface area (Å²) < 4.78 is 2.21. The molecular formula is C12H16N2OS. The van der Waals surface area contributed by atoms with E-state index in [0.29, 0.717) is 11.3 Å². The van der Waals surface area contributed by atoms with Gasteiger partial charge >= 0.3 is 0 Å². The molecule has 0 aromatic carbocycles. The monoisotopic (exact) mass is 236 g/mol. The van der Waals surface area contributed by atoms with Crippen molar-refractivity contribution in [2.75, 3.05) is 0 Å². The van der Waals surface area contributed by atoms with Gasteiger partial charge in [0.05, 0.1) is 0 Å². The first-order valence-corrected chi connectivity index (χ1v) is 5.97. The highest BCUT2D eigenvalue weighted by atomic mass is 32.1. The van der Waals surface area contributed by atoms with Crippen LogP contribution >= 0.6 is 12.2 Å². The lowest BCUT2D eigenvalue weighted by Gasteiger charge is -2.11. The Kier molecular flexibility index (Phi) is 3.29. The number of allylic oxidation sites excluding steroid dienone is 3. The summed E-state index contributed by atoms with van der Waals surface area (Å²) in [5, 5.41) is 10.1. The van der Waals surface area contributed by atoms with Gasteiger partial charge in [0.25, 0.3) is 0 Å². The second-order valence-corrected chi connectivity index (χ2v) is 4.39. The number of H-pyrrole nitrogens is 1. The van der Waals surface area contributed by atoms with E-state index in [4.69, 9.17) is 12.2 Å². The van der Waals surface area contributed by atoms with Gasteiger partial charge in [-0.05, 0) is 43.5 Å². The molecule has 0 spiro atoms. The molecule has 1 aromatic heterocycles. The molecule has 1 aliphatic rings. The van der Waals surface area contributed by atoms with Crippen molar-refractivity contribution in [2.24, 2.45) is 0 Å². The third kappa shape index (κ3) is 1.97. The molecule has 2 N–H and O–H groups in total. The Balaban J connectivity index is 2.42. The summed E-state index contributed by atoms with van der Waals surface area (Å²) in [6.07, 6.45) is 8.42. The number of hydrogen-bond acceptors (Lipinski definition) is 2. The molecule has 0 aliphatic heterocycles. The lowest BCUT2D eigenvalue weighted by Crippen LogP contribution is -1.95. The molecule has 4 heteroatoms.